The fraction of sp³-hybridized carbons (Fsp3) is 0.0625. The van der Waals surface area contributed by atoms with Gasteiger partial charge in [-0.25, -0.2) is 4.98 Å². The van der Waals surface area contributed by atoms with Gasteiger partial charge >= 0.3 is 0 Å². The van der Waals surface area contributed by atoms with Crippen LogP contribution in [-0.2, 0) is 0 Å². The van der Waals surface area contributed by atoms with E-state index in [0.717, 1.165) is 11.3 Å². The smallest absolute Gasteiger partial charge is 0.196 e. The van der Waals surface area contributed by atoms with E-state index in [2.05, 4.69) is 11.1 Å². The molecule has 108 valence electrons. The predicted octanol–water partition coefficient (Wildman–Crippen LogP) is 5.02. The van der Waals surface area contributed by atoms with Crippen LogP contribution in [0.4, 0.5) is 0 Å². The minimum absolute atomic E-state index is 0.200. The quantitative estimate of drug-likeness (QED) is 0.625. The van der Waals surface area contributed by atoms with E-state index < -0.39 is 5.92 Å². The zero-order valence-corrected chi connectivity index (χ0v) is 13.6. The Labute approximate surface area is 140 Å². The topological polar surface area (TPSA) is 53.8 Å². The molecule has 1 unspecified atom stereocenters. The van der Waals surface area contributed by atoms with Crippen LogP contribution >= 0.6 is 34.3 Å². The van der Waals surface area contributed by atoms with Crippen molar-refractivity contribution >= 4 is 40.1 Å². The molecule has 1 aromatic carbocycles. The molecule has 6 heteroatoms. The lowest BCUT2D eigenvalue weighted by molar-refractivity contribution is 0.0983. The molecule has 2 heterocycles. The number of ketones is 1. The summed E-state index contributed by atoms with van der Waals surface area (Å²) in [5.74, 6) is -1.06. The van der Waals surface area contributed by atoms with Crippen LogP contribution in [-0.4, -0.2) is 10.8 Å². The number of benzene rings is 1. The van der Waals surface area contributed by atoms with Gasteiger partial charge in [-0.05, 0) is 23.6 Å². The standard InChI is InChI=1S/C16H9ClN2OS2/c17-11-5-3-10(4-6-11)13-9-22-16(19-13)12(8-18)15(20)14-2-1-7-21-14/h1-7,9,12H. The molecule has 0 fully saturated rings. The van der Waals surface area contributed by atoms with Crippen LogP contribution in [0.5, 0.6) is 0 Å². The summed E-state index contributed by atoms with van der Waals surface area (Å²) < 4.78 is 0. The number of Topliss-reactive ketones (excluding diaryl/α,β-unsaturated/α-hetero) is 1. The first kappa shape index (κ1) is 14.9. The van der Waals surface area contributed by atoms with E-state index in [1.807, 2.05) is 22.9 Å². The van der Waals surface area contributed by atoms with Crippen molar-refractivity contribution in [2.24, 2.45) is 0 Å². The van der Waals surface area contributed by atoms with Gasteiger partial charge in [-0.3, -0.25) is 4.79 Å². The molecule has 3 nitrogen and oxygen atoms in total. The zero-order chi connectivity index (χ0) is 15.5. The van der Waals surface area contributed by atoms with Gasteiger partial charge in [0.25, 0.3) is 0 Å². The molecule has 1 atom stereocenters. The number of hydrogen-bond acceptors (Lipinski definition) is 5. The van der Waals surface area contributed by atoms with E-state index in [4.69, 9.17) is 11.6 Å². The highest BCUT2D eigenvalue weighted by molar-refractivity contribution is 7.12. The third kappa shape index (κ3) is 2.95. The van der Waals surface area contributed by atoms with Crippen LogP contribution < -0.4 is 0 Å². The summed E-state index contributed by atoms with van der Waals surface area (Å²) in [6.45, 7) is 0. The summed E-state index contributed by atoms with van der Waals surface area (Å²) in [6, 6.07) is 12.9. The number of nitrogens with zero attached hydrogens (tertiary/aromatic N) is 2. The lowest BCUT2D eigenvalue weighted by Crippen LogP contribution is -2.09. The van der Waals surface area contributed by atoms with Gasteiger partial charge in [-0.15, -0.1) is 22.7 Å². The molecule has 0 bridgehead atoms. The van der Waals surface area contributed by atoms with E-state index in [-0.39, 0.29) is 5.78 Å². The van der Waals surface area contributed by atoms with Gasteiger partial charge in [0.1, 0.15) is 5.01 Å². The number of hydrogen-bond donors (Lipinski definition) is 0. The second-order valence-electron chi connectivity index (χ2n) is 4.48. The van der Waals surface area contributed by atoms with Crippen molar-refractivity contribution in [3.05, 3.63) is 62.1 Å². The molecule has 0 aliphatic carbocycles. The monoisotopic (exact) mass is 344 g/mol. The zero-order valence-electron chi connectivity index (χ0n) is 11.2. The Balaban J connectivity index is 1.90. The number of thiophene rings is 1. The van der Waals surface area contributed by atoms with E-state index in [9.17, 15) is 10.1 Å². The van der Waals surface area contributed by atoms with Crippen molar-refractivity contribution in [2.45, 2.75) is 5.92 Å². The van der Waals surface area contributed by atoms with E-state index in [1.165, 1.54) is 22.7 Å². The summed E-state index contributed by atoms with van der Waals surface area (Å²) in [6.07, 6.45) is 0. The molecule has 2 aromatic heterocycles. The molecule has 3 aromatic rings. The molecule has 0 saturated carbocycles. The minimum Gasteiger partial charge on any atom is -0.291 e. The maximum absolute atomic E-state index is 12.4. The molecule has 0 aliphatic heterocycles. The molecule has 0 aliphatic rings. The Hall–Kier alpha value is -2.00. The minimum atomic E-state index is -0.857. The Bertz CT molecular complexity index is 832. The molecule has 0 spiro atoms. The first-order valence-electron chi connectivity index (χ1n) is 6.37. The first-order valence-corrected chi connectivity index (χ1v) is 8.51. The molecule has 3 rings (SSSR count). The van der Waals surface area contributed by atoms with E-state index >= 15 is 0 Å². The Morgan fingerprint density at radius 1 is 1.23 bits per heavy atom. The van der Waals surface area contributed by atoms with Gasteiger partial charge in [0, 0.05) is 16.0 Å². The number of nitriles is 1. The Kier molecular flexibility index (Phi) is 4.34. The first-order chi connectivity index (χ1) is 10.7. The fourth-order valence-corrected chi connectivity index (χ4v) is 3.65. The number of carbonyl (C=O) groups is 1. The average molecular weight is 345 g/mol. The highest BCUT2D eigenvalue weighted by Crippen LogP contribution is 2.29. The Morgan fingerprint density at radius 2 is 2.00 bits per heavy atom. The van der Waals surface area contributed by atoms with Crippen molar-refractivity contribution in [3.63, 3.8) is 0 Å². The number of thiazole rings is 1. The highest BCUT2D eigenvalue weighted by atomic mass is 35.5. The second-order valence-corrected chi connectivity index (χ2v) is 6.76. The third-order valence-electron chi connectivity index (χ3n) is 3.06. The maximum atomic E-state index is 12.4. The molecule has 22 heavy (non-hydrogen) atoms. The van der Waals surface area contributed by atoms with Gasteiger partial charge < -0.3 is 0 Å². The molecule has 0 saturated heterocycles. The SMILES string of the molecule is N#CC(C(=O)c1cccs1)c1nc(-c2ccc(Cl)cc2)cs1. The van der Waals surface area contributed by atoms with Crippen molar-refractivity contribution in [3.8, 4) is 17.3 Å². The highest BCUT2D eigenvalue weighted by Gasteiger charge is 2.25. The lowest BCUT2D eigenvalue weighted by atomic mass is 10.1. The number of carbonyl (C=O) groups excluding carboxylic acids is 1. The number of rotatable bonds is 4. The maximum Gasteiger partial charge on any atom is 0.196 e. The molecular weight excluding hydrogens is 336 g/mol. The van der Waals surface area contributed by atoms with Crippen LogP contribution in [0.2, 0.25) is 5.02 Å². The second kappa shape index (κ2) is 6.41. The van der Waals surface area contributed by atoms with Gasteiger partial charge in [0.05, 0.1) is 16.6 Å². The number of halogens is 1. The van der Waals surface area contributed by atoms with Crippen LogP contribution in [0.1, 0.15) is 20.6 Å². The van der Waals surface area contributed by atoms with Crippen molar-refractivity contribution in [2.75, 3.05) is 0 Å². The van der Waals surface area contributed by atoms with Crippen LogP contribution in [0, 0.1) is 11.3 Å². The molecule has 0 amide bonds. The fourth-order valence-electron chi connectivity index (χ4n) is 1.96. The predicted molar refractivity (Wildman–Crippen MR) is 89.6 cm³/mol. The van der Waals surface area contributed by atoms with Crippen molar-refractivity contribution in [1.29, 1.82) is 5.26 Å². The van der Waals surface area contributed by atoms with Gasteiger partial charge in [-0.1, -0.05) is 29.8 Å². The molecule has 0 N–H and O–H groups in total. The van der Waals surface area contributed by atoms with E-state index in [1.54, 1.807) is 24.3 Å². The normalized spacial score (nSPS) is 11.8. The summed E-state index contributed by atoms with van der Waals surface area (Å²) in [5.41, 5.74) is 1.66. The average Bonchev–Trinajstić information content (AvgIpc) is 3.20. The van der Waals surface area contributed by atoms with Crippen molar-refractivity contribution in [1.82, 2.24) is 4.98 Å². The lowest BCUT2D eigenvalue weighted by Gasteiger charge is -2.02. The summed E-state index contributed by atoms with van der Waals surface area (Å²) in [5, 5.41) is 14.2. The van der Waals surface area contributed by atoms with Gasteiger partial charge in [0.15, 0.2) is 11.7 Å². The number of aromatic nitrogens is 1. The summed E-state index contributed by atoms with van der Waals surface area (Å²) in [4.78, 5) is 17.4. The third-order valence-corrected chi connectivity index (χ3v) is 5.11. The van der Waals surface area contributed by atoms with Crippen molar-refractivity contribution < 1.29 is 4.79 Å². The molecule has 0 radical (unpaired) electrons. The van der Waals surface area contributed by atoms with Gasteiger partial charge in [-0.2, -0.15) is 5.26 Å². The summed E-state index contributed by atoms with van der Waals surface area (Å²) in [7, 11) is 0. The van der Waals surface area contributed by atoms with Crippen LogP contribution in [0.25, 0.3) is 11.3 Å². The largest absolute Gasteiger partial charge is 0.291 e. The summed E-state index contributed by atoms with van der Waals surface area (Å²) >= 11 is 8.53. The Morgan fingerprint density at radius 3 is 2.64 bits per heavy atom. The van der Waals surface area contributed by atoms with Crippen LogP contribution in [0.15, 0.2) is 47.2 Å². The van der Waals surface area contributed by atoms with E-state index in [0.29, 0.717) is 14.9 Å². The molecular formula is C16H9ClN2OS2. The van der Waals surface area contributed by atoms with Crippen LogP contribution in [0.3, 0.4) is 0 Å². The van der Waals surface area contributed by atoms with Gasteiger partial charge in [0.2, 0.25) is 0 Å².